The van der Waals surface area contributed by atoms with Crippen molar-refractivity contribution in [3.05, 3.63) is 52.6 Å². The summed E-state index contributed by atoms with van der Waals surface area (Å²) in [5.74, 6) is -0.674. The average molecular weight is 261 g/mol. The molecule has 0 fully saturated rings. The van der Waals surface area contributed by atoms with Gasteiger partial charge in [0, 0.05) is 17.8 Å². The van der Waals surface area contributed by atoms with Crippen molar-refractivity contribution < 1.29 is 9.18 Å². The van der Waals surface area contributed by atoms with Crippen LogP contribution in [0.25, 0.3) is 0 Å². The van der Waals surface area contributed by atoms with Crippen molar-refractivity contribution in [1.82, 2.24) is 15.5 Å². The summed E-state index contributed by atoms with van der Waals surface area (Å²) < 4.78 is 13.0. The van der Waals surface area contributed by atoms with E-state index >= 15 is 0 Å². The number of nitrogens with zero attached hydrogens (tertiary/aromatic N) is 1. The Morgan fingerprint density at radius 2 is 2.21 bits per heavy atom. The quantitative estimate of drug-likeness (QED) is 0.886. The summed E-state index contributed by atoms with van der Waals surface area (Å²) in [6.07, 6.45) is 0.704. The molecule has 100 valence electrons. The van der Waals surface area contributed by atoms with Crippen LogP contribution < -0.4 is 5.32 Å². The van der Waals surface area contributed by atoms with Gasteiger partial charge in [0.15, 0.2) is 0 Å². The highest BCUT2D eigenvalue weighted by Gasteiger charge is 2.08. The Balaban J connectivity index is 1.91. The van der Waals surface area contributed by atoms with Gasteiger partial charge in [-0.05, 0) is 44.0 Å². The maximum atomic E-state index is 13.0. The van der Waals surface area contributed by atoms with Crippen LogP contribution in [0.1, 0.15) is 27.3 Å². The van der Waals surface area contributed by atoms with Gasteiger partial charge in [0.2, 0.25) is 0 Å². The van der Waals surface area contributed by atoms with Crippen LogP contribution in [0.3, 0.4) is 0 Å². The van der Waals surface area contributed by atoms with Crippen molar-refractivity contribution in [2.45, 2.75) is 20.3 Å². The lowest BCUT2D eigenvalue weighted by atomic mass is 10.1. The number of nitrogens with one attached hydrogen (secondary N) is 2. The van der Waals surface area contributed by atoms with Crippen LogP contribution in [0.15, 0.2) is 24.3 Å². The van der Waals surface area contributed by atoms with Gasteiger partial charge in [-0.1, -0.05) is 6.07 Å². The van der Waals surface area contributed by atoms with E-state index in [4.69, 9.17) is 0 Å². The molecule has 0 bridgehead atoms. The number of carbonyl (C=O) groups excluding carboxylic acids is 1. The van der Waals surface area contributed by atoms with Crippen LogP contribution in [0.5, 0.6) is 0 Å². The first-order chi connectivity index (χ1) is 9.08. The zero-order chi connectivity index (χ0) is 13.8. The van der Waals surface area contributed by atoms with Gasteiger partial charge in [0.05, 0.1) is 5.69 Å². The smallest absolute Gasteiger partial charge is 0.251 e. The highest BCUT2D eigenvalue weighted by Crippen LogP contribution is 2.09. The summed E-state index contributed by atoms with van der Waals surface area (Å²) in [5, 5.41) is 9.77. The van der Waals surface area contributed by atoms with Gasteiger partial charge in [-0.25, -0.2) is 4.39 Å². The maximum Gasteiger partial charge on any atom is 0.251 e. The molecule has 0 saturated carbocycles. The van der Waals surface area contributed by atoms with E-state index in [1.54, 1.807) is 6.07 Å². The summed E-state index contributed by atoms with van der Waals surface area (Å²) >= 11 is 0. The first-order valence-corrected chi connectivity index (χ1v) is 6.12. The number of hydrogen-bond donors (Lipinski definition) is 2. The number of amides is 1. The fourth-order valence-corrected chi connectivity index (χ4v) is 1.98. The van der Waals surface area contributed by atoms with Crippen molar-refractivity contribution in [3.8, 4) is 0 Å². The van der Waals surface area contributed by atoms with Crippen molar-refractivity contribution in [2.75, 3.05) is 6.54 Å². The van der Waals surface area contributed by atoms with E-state index in [9.17, 15) is 9.18 Å². The van der Waals surface area contributed by atoms with E-state index in [-0.39, 0.29) is 5.91 Å². The Labute approximate surface area is 111 Å². The molecule has 0 aliphatic rings. The summed E-state index contributed by atoms with van der Waals surface area (Å²) in [7, 11) is 0. The Bertz CT molecular complexity index is 573. The van der Waals surface area contributed by atoms with Gasteiger partial charge in [-0.3, -0.25) is 9.89 Å². The van der Waals surface area contributed by atoms with Crippen LogP contribution in [0.2, 0.25) is 0 Å². The second kappa shape index (κ2) is 5.65. The monoisotopic (exact) mass is 261 g/mol. The topological polar surface area (TPSA) is 57.8 Å². The zero-order valence-electron chi connectivity index (χ0n) is 11.0. The lowest BCUT2D eigenvalue weighted by molar-refractivity contribution is 0.0953. The molecule has 2 aromatic rings. The summed E-state index contributed by atoms with van der Waals surface area (Å²) in [4.78, 5) is 11.8. The van der Waals surface area contributed by atoms with Crippen LogP contribution in [0, 0.1) is 19.7 Å². The second-order valence-corrected chi connectivity index (χ2v) is 4.43. The molecule has 0 unspecified atom stereocenters. The summed E-state index contributed by atoms with van der Waals surface area (Å²) in [6, 6.07) is 5.65. The van der Waals surface area contributed by atoms with Crippen LogP contribution in [0.4, 0.5) is 4.39 Å². The molecular weight excluding hydrogens is 245 g/mol. The molecule has 4 nitrogen and oxygen atoms in total. The molecule has 0 spiro atoms. The minimum atomic E-state index is -0.408. The maximum absolute atomic E-state index is 13.0. The minimum Gasteiger partial charge on any atom is -0.352 e. The van der Waals surface area contributed by atoms with Gasteiger partial charge >= 0.3 is 0 Å². The molecular formula is C14H16FN3O. The highest BCUT2D eigenvalue weighted by atomic mass is 19.1. The zero-order valence-corrected chi connectivity index (χ0v) is 11.0. The second-order valence-electron chi connectivity index (χ2n) is 4.43. The van der Waals surface area contributed by atoms with Crippen molar-refractivity contribution in [1.29, 1.82) is 0 Å². The number of aryl methyl sites for hydroxylation is 2. The molecule has 1 aromatic carbocycles. The number of H-pyrrole nitrogens is 1. The van der Waals surface area contributed by atoms with E-state index in [1.807, 2.05) is 13.8 Å². The third kappa shape index (κ3) is 3.19. The van der Waals surface area contributed by atoms with E-state index < -0.39 is 5.82 Å². The highest BCUT2D eigenvalue weighted by molar-refractivity contribution is 5.94. The summed E-state index contributed by atoms with van der Waals surface area (Å²) in [6.45, 7) is 4.37. The van der Waals surface area contributed by atoms with E-state index in [1.165, 1.54) is 18.2 Å². The molecule has 2 rings (SSSR count). The lowest BCUT2D eigenvalue weighted by Crippen LogP contribution is -2.26. The predicted octanol–water partition coefficient (Wildman–Crippen LogP) is 2.14. The lowest BCUT2D eigenvalue weighted by Gasteiger charge is -2.05. The fourth-order valence-electron chi connectivity index (χ4n) is 1.98. The van der Waals surface area contributed by atoms with Gasteiger partial charge in [0.25, 0.3) is 5.91 Å². The first kappa shape index (κ1) is 13.3. The predicted molar refractivity (Wildman–Crippen MR) is 70.5 cm³/mol. The number of hydrogen-bond acceptors (Lipinski definition) is 2. The van der Waals surface area contributed by atoms with Gasteiger partial charge in [-0.2, -0.15) is 5.10 Å². The van der Waals surface area contributed by atoms with Gasteiger partial charge in [-0.15, -0.1) is 0 Å². The largest absolute Gasteiger partial charge is 0.352 e. The average Bonchev–Trinajstić information content (AvgIpc) is 2.70. The fraction of sp³-hybridized carbons (Fsp3) is 0.286. The van der Waals surface area contributed by atoms with E-state index in [2.05, 4.69) is 15.5 Å². The Kier molecular flexibility index (Phi) is 3.94. The number of aromatic amines is 1. The van der Waals surface area contributed by atoms with Crippen LogP contribution in [-0.2, 0) is 6.42 Å². The van der Waals surface area contributed by atoms with Crippen LogP contribution >= 0.6 is 0 Å². The van der Waals surface area contributed by atoms with E-state index in [0.717, 1.165) is 17.0 Å². The minimum absolute atomic E-state index is 0.265. The molecule has 0 radical (unpaired) electrons. The number of halogens is 1. The molecule has 0 aliphatic heterocycles. The number of carbonyl (C=O) groups is 1. The van der Waals surface area contributed by atoms with Crippen molar-refractivity contribution >= 4 is 5.91 Å². The number of rotatable bonds is 4. The SMILES string of the molecule is Cc1n[nH]c(C)c1CCNC(=O)c1cccc(F)c1. The van der Waals surface area contributed by atoms with E-state index in [0.29, 0.717) is 18.5 Å². The molecule has 2 N–H and O–H groups in total. The van der Waals surface area contributed by atoms with Gasteiger partial charge in [0.1, 0.15) is 5.82 Å². The molecule has 5 heteroatoms. The number of aromatic nitrogens is 2. The first-order valence-electron chi connectivity index (χ1n) is 6.12. The number of benzene rings is 1. The third-order valence-electron chi connectivity index (χ3n) is 3.03. The molecule has 0 aliphatic carbocycles. The Hall–Kier alpha value is -2.17. The molecule has 1 heterocycles. The van der Waals surface area contributed by atoms with Crippen molar-refractivity contribution in [2.24, 2.45) is 0 Å². The molecule has 19 heavy (non-hydrogen) atoms. The third-order valence-corrected chi connectivity index (χ3v) is 3.03. The van der Waals surface area contributed by atoms with Crippen molar-refractivity contribution in [3.63, 3.8) is 0 Å². The molecule has 1 aromatic heterocycles. The summed E-state index contributed by atoms with van der Waals surface area (Å²) in [5.41, 5.74) is 3.40. The standard InChI is InChI=1S/C14H16FN3O/c1-9-13(10(2)18-17-9)6-7-16-14(19)11-4-3-5-12(15)8-11/h3-5,8H,6-7H2,1-2H3,(H,16,19)(H,17,18). The van der Waals surface area contributed by atoms with Gasteiger partial charge < -0.3 is 5.32 Å². The Morgan fingerprint density at radius 1 is 1.42 bits per heavy atom. The molecule has 0 saturated heterocycles. The Morgan fingerprint density at radius 3 is 2.84 bits per heavy atom. The normalized spacial score (nSPS) is 10.5. The molecule has 0 atom stereocenters. The van der Waals surface area contributed by atoms with Crippen LogP contribution in [-0.4, -0.2) is 22.6 Å². The molecule has 1 amide bonds.